The number of rotatable bonds is 8. The van der Waals surface area contributed by atoms with Crippen LogP contribution in [0.4, 0.5) is 9.52 Å². The molecular formula is C26H29FN4O3S. The molecule has 3 aromatic rings. The van der Waals surface area contributed by atoms with Crippen LogP contribution in [0.2, 0.25) is 0 Å². The first-order valence-electron chi connectivity index (χ1n) is 11.4. The molecule has 0 saturated carbocycles. The van der Waals surface area contributed by atoms with E-state index in [0.717, 1.165) is 35.6 Å². The molecule has 4 rings (SSSR count). The molecule has 1 unspecified atom stereocenters. The number of carbonyl (C=O) groups is 2. The summed E-state index contributed by atoms with van der Waals surface area (Å²) >= 11 is 1.43. The summed E-state index contributed by atoms with van der Waals surface area (Å²) in [7, 11) is 1.74. The van der Waals surface area contributed by atoms with E-state index in [0.29, 0.717) is 11.7 Å². The number of thiazole rings is 1. The van der Waals surface area contributed by atoms with E-state index >= 15 is 0 Å². The third kappa shape index (κ3) is 6.11. The second-order valence-electron chi connectivity index (χ2n) is 9.08. The van der Waals surface area contributed by atoms with Gasteiger partial charge in [-0.25, -0.2) is 9.37 Å². The SMILES string of the molecule is COC1CCN(Cc2sc(NC(=O)C(C)(C)NC(=O)c3ccc(F)cc3)nc2-c2ccccc2)C1. The van der Waals surface area contributed by atoms with Gasteiger partial charge >= 0.3 is 0 Å². The van der Waals surface area contributed by atoms with Gasteiger partial charge in [0.1, 0.15) is 11.4 Å². The number of likely N-dealkylation sites (tertiary alicyclic amines) is 1. The van der Waals surface area contributed by atoms with E-state index in [9.17, 15) is 14.0 Å². The van der Waals surface area contributed by atoms with Gasteiger partial charge in [0.2, 0.25) is 0 Å². The van der Waals surface area contributed by atoms with E-state index in [4.69, 9.17) is 9.72 Å². The van der Waals surface area contributed by atoms with Gasteiger partial charge in [-0.15, -0.1) is 0 Å². The Morgan fingerprint density at radius 2 is 1.89 bits per heavy atom. The van der Waals surface area contributed by atoms with Gasteiger partial charge in [0.05, 0.1) is 11.8 Å². The molecule has 0 bridgehead atoms. The summed E-state index contributed by atoms with van der Waals surface area (Å²) < 4.78 is 18.7. The topological polar surface area (TPSA) is 83.6 Å². The normalized spacial score (nSPS) is 16.3. The molecule has 1 aromatic heterocycles. The highest BCUT2D eigenvalue weighted by molar-refractivity contribution is 7.16. The monoisotopic (exact) mass is 496 g/mol. The molecule has 1 saturated heterocycles. The zero-order chi connectivity index (χ0) is 25.0. The molecule has 0 aliphatic carbocycles. The summed E-state index contributed by atoms with van der Waals surface area (Å²) in [6.07, 6.45) is 1.22. The van der Waals surface area contributed by atoms with Crippen molar-refractivity contribution in [3.05, 3.63) is 70.9 Å². The van der Waals surface area contributed by atoms with Gasteiger partial charge in [0.15, 0.2) is 5.13 Å². The standard InChI is InChI=1S/C26H29FN4O3S/c1-26(2,30-23(32)18-9-11-19(27)12-10-18)24(33)29-25-28-22(17-7-5-4-6-8-17)21(35-25)16-31-14-13-20(15-31)34-3/h4-12,20H,13-16H2,1-3H3,(H,30,32)(H,28,29,33). The lowest BCUT2D eigenvalue weighted by atomic mass is 10.0. The van der Waals surface area contributed by atoms with Crippen molar-refractivity contribution in [2.24, 2.45) is 0 Å². The first-order valence-corrected chi connectivity index (χ1v) is 12.3. The molecule has 1 aliphatic heterocycles. The summed E-state index contributed by atoms with van der Waals surface area (Å²) in [4.78, 5) is 33.8. The molecule has 7 nitrogen and oxygen atoms in total. The number of amides is 2. The van der Waals surface area contributed by atoms with Crippen molar-refractivity contribution in [2.45, 2.75) is 38.5 Å². The second-order valence-corrected chi connectivity index (χ2v) is 10.2. The van der Waals surface area contributed by atoms with Crippen molar-refractivity contribution in [3.63, 3.8) is 0 Å². The van der Waals surface area contributed by atoms with Gasteiger partial charge in [0, 0.05) is 42.7 Å². The minimum absolute atomic E-state index is 0.229. The number of nitrogens with zero attached hydrogens (tertiary/aromatic N) is 2. The van der Waals surface area contributed by atoms with E-state index in [1.165, 1.54) is 35.6 Å². The number of carbonyl (C=O) groups excluding carboxylic acids is 2. The number of methoxy groups -OCH3 is 1. The van der Waals surface area contributed by atoms with Crippen LogP contribution in [0.3, 0.4) is 0 Å². The first-order chi connectivity index (χ1) is 16.7. The fourth-order valence-corrected chi connectivity index (χ4v) is 4.96. The highest BCUT2D eigenvalue weighted by Crippen LogP contribution is 2.33. The maximum Gasteiger partial charge on any atom is 0.252 e. The molecule has 2 amide bonds. The summed E-state index contributed by atoms with van der Waals surface area (Å²) in [6, 6.07) is 15.0. The van der Waals surface area contributed by atoms with Crippen molar-refractivity contribution < 1.29 is 18.7 Å². The Labute approximate surface area is 208 Å². The third-order valence-corrected chi connectivity index (χ3v) is 6.95. The van der Waals surface area contributed by atoms with E-state index in [-0.39, 0.29) is 11.7 Å². The predicted octanol–water partition coefficient (Wildman–Crippen LogP) is 4.32. The van der Waals surface area contributed by atoms with Gasteiger partial charge in [-0.05, 0) is 44.5 Å². The molecule has 1 fully saturated rings. The molecule has 1 atom stereocenters. The predicted molar refractivity (Wildman–Crippen MR) is 135 cm³/mol. The van der Waals surface area contributed by atoms with E-state index < -0.39 is 23.2 Å². The van der Waals surface area contributed by atoms with Crippen LogP contribution in [0.1, 0.15) is 35.5 Å². The van der Waals surface area contributed by atoms with Crippen LogP contribution in [-0.2, 0) is 16.1 Å². The van der Waals surface area contributed by atoms with E-state index in [2.05, 4.69) is 15.5 Å². The number of halogens is 1. The Kier molecular flexibility index (Phi) is 7.59. The Hall–Kier alpha value is -3.14. The molecule has 1 aliphatic rings. The average molecular weight is 497 g/mol. The van der Waals surface area contributed by atoms with Crippen LogP contribution in [0.25, 0.3) is 11.3 Å². The van der Waals surface area contributed by atoms with Crippen LogP contribution in [-0.4, -0.2) is 53.5 Å². The summed E-state index contributed by atoms with van der Waals surface area (Å²) in [5.41, 5.74) is 0.867. The van der Waals surface area contributed by atoms with Crippen LogP contribution < -0.4 is 10.6 Å². The molecule has 0 radical (unpaired) electrons. The van der Waals surface area contributed by atoms with Crippen molar-refractivity contribution >= 4 is 28.3 Å². The van der Waals surface area contributed by atoms with Crippen molar-refractivity contribution in [3.8, 4) is 11.3 Å². The Morgan fingerprint density at radius 1 is 1.17 bits per heavy atom. The molecule has 2 heterocycles. The molecule has 2 N–H and O–H groups in total. The fraction of sp³-hybridized carbons (Fsp3) is 0.346. The number of ether oxygens (including phenoxy) is 1. The van der Waals surface area contributed by atoms with Crippen molar-refractivity contribution in [1.29, 1.82) is 0 Å². The Balaban J connectivity index is 1.50. The van der Waals surface area contributed by atoms with E-state index in [1.54, 1.807) is 21.0 Å². The zero-order valence-corrected chi connectivity index (χ0v) is 20.8. The van der Waals surface area contributed by atoms with Crippen molar-refractivity contribution in [1.82, 2.24) is 15.2 Å². The minimum atomic E-state index is -1.22. The maximum absolute atomic E-state index is 13.2. The van der Waals surface area contributed by atoms with E-state index in [1.807, 2.05) is 30.3 Å². The Morgan fingerprint density at radius 3 is 2.54 bits per heavy atom. The summed E-state index contributed by atoms with van der Waals surface area (Å²) in [5, 5.41) is 6.06. The number of benzene rings is 2. The highest BCUT2D eigenvalue weighted by atomic mass is 32.1. The average Bonchev–Trinajstić information content (AvgIpc) is 3.46. The van der Waals surface area contributed by atoms with Gasteiger partial charge in [0.25, 0.3) is 11.8 Å². The lowest BCUT2D eigenvalue weighted by molar-refractivity contribution is -0.120. The molecule has 2 aromatic carbocycles. The van der Waals surface area contributed by atoms with Gasteiger partial charge in [-0.1, -0.05) is 41.7 Å². The number of nitrogens with one attached hydrogen (secondary N) is 2. The third-order valence-electron chi connectivity index (χ3n) is 5.99. The number of anilines is 1. The molecule has 0 spiro atoms. The van der Waals surface area contributed by atoms with Crippen molar-refractivity contribution in [2.75, 3.05) is 25.5 Å². The highest BCUT2D eigenvalue weighted by Gasteiger charge is 2.31. The summed E-state index contributed by atoms with van der Waals surface area (Å²) in [6.45, 7) is 5.74. The van der Waals surface area contributed by atoms with Gasteiger partial charge in [-0.3, -0.25) is 19.8 Å². The zero-order valence-electron chi connectivity index (χ0n) is 20.0. The second kappa shape index (κ2) is 10.6. The molecule has 35 heavy (non-hydrogen) atoms. The lowest BCUT2D eigenvalue weighted by Gasteiger charge is -2.24. The van der Waals surface area contributed by atoms with Gasteiger partial charge in [-0.2, -0.15) is 0 Å². The largest absolute Gasteiger partial charge is 0.380 e. The van der Waals surface area contributed by atoms with Crippen LogP contribution in [0.15, 0.2) is 54.6 Å². The number of hydrogen-bond donors (Lipinski definition) is 2. The Bertz CT molecular complexity index is 1180. The van der Waals surface area contributed by atoms with Crippen LogP contribution in [0.5, 0.6) is 0 Å². The molecule has 184 valence electrons. The van der Waals surface area contributed by atoms with Gasteiger partial charge < -0.3 is 10.1 Å². The first kappa shape index (κ1) is 25.0. The number of hydrogen-bond acceptors (Lipinski definition) is 6. The minimum Gasteiger partial charge on any atom is -0.380 e. The molecule has 9 heteroatoms. The number of aromatic nitrogens is 1. The fourth-order valence-electron chi connectivity index (χ4n) is 3.94. The van der Waals surface area contributed by atoms with Crippen LogP contribution >= 0.6 is 11.3 Å². The maximum atomic E-state index is 13.2. The quantitative estimate of drug-likeness (QED) is 0.485. The smallest absolute Gasteiger partial charge is 0.252 e. The van der Waals surface area contributed by atoms with Crippen LogP contribution in [0, 0.1) is 5.82 Å². The summed E-state index contributed by atoms with van der Waals surface area (Å²) in [5.74, 6) is -1.29. The molecular weight excluding hydrogens is 467 g/mol. The lowest BCUT2D eigenvalue weighted by Crippen LogP contribution is -2.52.